The number of aryl methyl sites for hydroxylation is 1. The first kappa shape index (κ1) is 18.9. The zero-order valence-corrected chi connectivity index (χ0v) is 16.6. The van der Waals surface area contributed by atoms with Gasteiger partial charge >= 0.3 is 0 Å². The summed E-state index contributed by atoms with van der Waals surface area (Å²) in [5.74, 6) is -0.441. The summed E-state index contributed by atoms with van der Waals surface area (Å²) in [6, 6.07) is 7.57. The van der Waals surface area contributed by atoms with Crippen molar-refractivity contribution in [2.45, 2.75) is 24.5 Å². The Morgan fingerprint density at radius 3 is 2.58 bits per heavy atom. The minimum Gasteiger partial charge on any atom is -0.340 e. The van der Waals surface area contributed by atoms with Crippen LogP contribution in [0.15, 0.2) is 35.7 Å². The van der Waals surface area contributed by atoms with E-state index in [2.05, 4.69) is 13.0 Å². The van der Waals surface area contributed by atoms with Gasteiger partial charge in [-0.05, 0) is 55.1 Å². The van der Waals surface area contributed by atoms with Crippen molar-refractivity contribution in [3.05, 3.63) is 57.5 Å². The number of nitrogens with zero attached hydrogens (tertiary/aromatic N) is 2. The smallest absolute Gasteiger partial charge is 0.253 e. The molecule has 7 heteroatoms. The Hall–Kier alpha value is -1.86. The molecule has 138 valence electrons. The maximum atomic E-state index is 13.0. The summed E-state index contributed by atoms with van der Waals surface area (Å²) in [6.07, 6.45) is 0. The van der Waals surface area contributed by atoms with Gasteiger partial charge in [-0.25, -0.2) is 4.39 Å². The standard InChI is InChI=1S/C19H21FN2O2S2/c1-12-8-11-25-16(12)19-22(17(23)13(2)26-19)10-9-21(3)18(24)14-4-6-15(20)7-5-14/h4-8,11,13,19H,9-10H2,1-3H3/t13-,19-/m0/s1. The Kier molecular flexibility index (Phi) is 5.67. The maximum Gasteiger partial charge on any atom is 0.253 e. The van der Waals surface area contributed by atoms with Crippen LogP contribution in [-0.4, -0.2) is 47.0 Å². The number of hydrogen-bond acceptors (Lipinski definition) is 4. The first-order valence-electron chi connectivity index (χ1n) is 8.39. The number of hydrogen-bond donors (Lipinski definition) is 0. The van der Waals surface area contributed by atoms with Gasteiger partial charge in [-0.1, -0.05) is 0 Å². The van der Waals surface area contributed by atoms with Gasteiger partial charge in [0.05, 0.1) is 5.25 Å². The average Bonchev–Trinajstić information content (AvgIpc) is 3.16. The molecule has 0 bridgehead atoms. The number of halogens is 1. The number of thiophene rings is 1. The third-order valence-electron chi connectivity index (χ3n) is 4.49. The fourth-order valence-corrected chi connectivity index (χ4v) is 5.47. The van der Waals surface area contributed by atoms with Crippen molar-refractivity contribution >= 4 is 34.9 Å². The molecule has 2 amide bonds. The zero-order valence-electron chi connectivity index (χ0n) is 14.9. The van der Waals surface area contributed by atoms with Crippen molar-refractivity contribution in [1.29, 1.82) is 0 Å². The van der Waals surface area contributed by atoms with E-state index in [-0.39, 0.29) is 28.3 Å². The molecule has 1 aliphatic rings. The molecule has 4 nitrogen and oxygen atoms in total. The quantitative estimate of drug-likeness (QED) is 0.774. The third-order valence-corrected chi connectivity index (χ3v) is 7.07. The number of thioether (sulfide) groups is 1. The van der Waals surface area contributed by atoms with E-state index in [1.165, 1.54) is 34.7 Å². The van der Waals surface area contributed by atoms with E-state index in [1.807, 2.05) is 17.2 Å². The van der Waals surface area contributed by atoms with Gasteiger partial charge in [0.25, 0.3) is 5.91 Å². The number of carbonyl (C=O) groups excluding carboxylic acids is 2. The van der Waals surface area contributed by atoms with Gasteiger partial charge in [0.2, 0.25) is 5.91 Å². The fourth-order valence-electron chi connectivity index (χ4n) is 2.91. The summed E-state index contributed by atoms with van der Waals surface area (Å²) >= 11 is 3.32. The van der Waals surface area contributed by atoms with Crippen LogP contribution in [0.25, 0.3) is 0 Å². The van der Waals surface area contributed by atoms with Crippen LogP contribution in [0.3, 0.4) is 0 Å². The van der Waals surface area contributed by atoms with E-state index < -0.39 is 0 Å². The molecular formula is C19H21FN2O2S2. The van der Waals surface area contributed by atoms with Gasteiger partial charge in [-0.2, -0.15) is 0 Å². The fraction of sp³-hybridized carbons (Fsp3) is 0.368. The molecule has 1 fully saturated rings. The second kappa shape index (κ2) is 7.80. The SMILES string of the molecule is Cc1ccsc1[C@@H]1S[C@@H](C)C(=O)N1CCN(C)C(=O)c1ccc(F)cc1. The number of likely N-dealkylation sites (N-methyl/N-ethyl adjacent to an activating group) is 1. The summed E-state index contributed by atoms with van der Waals surface area (Å²) < 4.78 is 13.0. The molecule has 0 unspecified atom stereocenters. The Bertz CT molecular complexity index is 806. The predicted octanol–water partition coefficient (Wildman–Crippen LogP) is 3.93. The first-order valence-corrected chi connectivity index (χ1v) is 10.2. The predicted molar refractivity (Wildman–Crippen MR) is 104 cm³/mol. The molecule has 0 aliphatic carbocycles. The highest BCUT2D eigenvalue weighted by Crippen LogP contribution is 2.45. The van der Waals surface area contributed by atoms with Crippen molar-refractivity contribution in [3.63, 3.8) is 0 Å². The number of amides is 2. The van der Waals surface area contributed by atoms with Crippen molar-refractivity contribution in [2.24, 2.45) is 0 Å². The van der Waals surface area contributed by atoms with Gasteiger partial charge < -0.3 is 9.80 Å². The molecule has 2 atom stereocenters. The second-order valence-electron chi connectivity index (χ2n) is 6.36. The van der Waals surface area contributed by atoms with E-state index in [0.29, 0.717) is 18.7 Å². The highest BCUT2D eigenvalue weighted by Gasteiger charge is 2.39. The summed E-state index contributed by atoms with van der Waals surface area (Å²) in [5, 5.41) is 1.97. The molecule has 0 N–H and O–H groups in total. The molecule has 0 radical (unpaired) electrons. The summed E-state index contributed by atoms with van der Waals surface area (Å²) in [6.45, 7) is 4.89. The molecule has 0 spiro atoms. The van der Waals surface area contributed by atoms with Gasteiger partial charge in [0.1, 0.15) is 11.2 Å². The molecular weight excluding hydrogens is 371 g/mol. The van der Waals surface area contributed by atoms with Crippen LogP contribution in [0.2, 0.25) is 0 Å². The van der Waals surface area contributed by atoms with Crippen molar-refractivity contribution in [3.8, 4) is 0 Å². The van der Waals surface area contributed by atoms with Crippen LogP contribution in [0.4, 0.5) is 4.39 Å². The van der Waals surface area contributed by atoms with E-state index in [0.717, 1.165) is 0 Å². The van der Waals surface area contributed by atoms with Crippen molar-refractivity contribution < 1.29 is 14.0 Å². The summed E-state index contributed by atoms with van der Waals surface area (Å²) in [4.78, 5) is 29.7. The Labute approximate surface area is 161 Å². The monoisotopic (exact) mass is 392 g/mol. The highest BCUT2D eigenvalue weighted by atomic mass is 32.2. The van der Waals surface area contributed by atoms with Crippen molar-refractivity contribution in [1.82, 2.24) is 9.80 Å². The molecule has 1 saturated heterocycles. The van der Waals surface area contributed by atoms with Crippen LogP contribution in [-0.2, 0) is 4.79 Å². The van der Waals surface area contributed by atoms with Crippen LogP contribution >= 0.6 is 23.1 Å². The first-order chi connectivity index (χ1) is 12.4. The largest absolute Gasteiger partial charge is 0.340 e. The lowest BCUT2D eigenvalue weighted by atomic mass is 10.2. The molecule has 1 aliphatic heterocycles. The van der Waals surface area contributed by atoms with Gasteiger partial charge in [-0.15, -0.1) is 23.1 Å². The van der Waals surface area contributed by atoms with E-state index in [9.17, 15) is 14.0 Å². The normalized spacial score (nSPS) is 19.8. The number of benzene rings is 1. The van der Waals surface area contributed by atoms with Crippen LogP contribution < -0.4 is 0 Å². The third kappa shape index (κ3) is 3.78. The summed E-state index contributed by atoms with van der Waals surface area (Å²) in [7, 11) is 1.70. The molecule has 3 rings (SSSR count). The Balaban J connectivity index is 1.68. The number of carbonyl (C=O) groups is 2. The van der Waals surface area contributed by atoms with Crippen LogP contribution in [0, 0.1) is 12.7 Å². The minimum atomic E-state index is -0.368. The van der Waals surface area contributed by atoms with Crippen LogP contribution in [0.5, 0.6) is 0 Å². The Morgan fingerprint density at radius 1 is 1.27 bits per heavy atom. The van der Waals surface area contributed by atoms with Crippen molar-refractivity contribution in [2.75, 3.05) is 20.1 Å². The lowest BCUT2D eigenvalue weighted by Crippen LogP contribution is -2.39. The van der Waals surface area contributed by atoms with E-state index >= 15 is 0 Å². The molecule has 2 aromatic rings. The zero-order chi connectivity index (χ0) is 18.8. The van der Waals surface area contributed by atoms with Gasteiger partial charge in [0, 0.05) is 30.6 Å². The maximum absolute atomic E-state index is 13.0. The van der Waals surface area contributed by atoms with Crippen LogP contribution in [0.1, 0.15) is 33.1 Å². The average molecular weight is 393 g/mol. The molecule has 2 heterocycles. The minimum absolute atomic E-state index is 0.00632. The van der Waals surface area contributed by atoms with E-state index in [4.69, 9.17) is 0 Å². The molecule has 26 heavy (non-hydrogen) atoms. The topological polar surface area (TPSA) is 40.6 Å². The second-order valence-corrected chi connectivity index (χ2v) is 8.74. The molecule has 0 saturated carbocycles. The van der Waals surface area contributed by atoms with E-state index in [1.54, 1.807) is 35.0 Å². The molecule has 1 aromatic heterocycles. The van der Waals surface area contributed by atoms with Gasteiger partial charge in [0.15, 0.2) is 0 Å². The Morgan fingerprint density at radius 2 is 1.96 bits per heavy atom. The lowest BCUT2D eigenvalue weighted by Gasteiger charge is -2.26. The highest BCUT2D eigenvalue weighted by molar-refractivity contribution is 8.01. The number of rotatable bonds is 5. The summed E-state index contributed by atoms with van der Waals surface area (Å²) in [5.41, 5.74) is 1.63. The lowest BCUT2D eigenvalue weighted by molar-refractivity contribution is -0.129. The molecule has 1 aromatic carbocycles. The van der Waals surface area contributed by atoms with Gasteiger partial charge in [-0.3, -0.25) is 9.59 Å².